The molecule has 8 aromatic rings. The summed E-state index contributed by atoms with van der Waals surface area (Å²) >= 11 is 0. The van der Waals surface area contributed by atoms with Crippen LogP contribution >= 0.6 is 0 Å². The quantitative estimate of drug-likeness (QED) is 0.216. The van der Waals surface area contributed by atoms with Crippen LogP contribution in [0.25, 0.3) is 71.6 Å². The van der Waals surface area contributed by atoms with Crippen molar-refractivity contribution in [3.63, 3.8) is 0 Å². The highest BCUT2D eigenvalue weighted by atomic mass is 15.1. The fraction of sp³-hybridized carbons (Fsp3) is 0.0488. The lowest BCUT2D eigenvalue weighted by Gasteiger charge is -2.22. The van der Waals surface area contributed by atoms with Crippen LogP contribution in [0.15, 0.2) is 121 Å². The first-order valence-electron chi connectivity index (χ1n) is 17.1. The second-order valence-corrected chi connectivity index (χ2v) is 13.2. The van der Waals surface area contributed by atoms with Crippen LogP contribution in [0.1, 0.15) is 12.7 Å². The largest absolute Gasteiger partial charge is 0.296 e. The van der Waals surface area contributed by atoms with Crippen LogP contribution in [0.5, 0.6) is 0 Å². The number of aryl methyl sites for hydroxylation is 1. The van der Waals surface area contributed by atoms with Crippen molar-refractivity contribution >= 4 is 99.1 Å². The summed E-state index contributed by atoms with van der Waals surface area (Å²) in [6.45, 7) is 2.18. The number of hydrogen-bond acceptors (Lipinski definition) is 1. The van der Waals surface area contributed by atoms with Crippen molar-refractivity contribution in [2.75, 3.05) is 0 Å². The van der Waals surface area contributed by atoms with Crippen molar-refractivity contribution < 1.29 is 0 Å². The van der Waals surface area contributed by atoms with Gasteiger partial charge in [0.25, 0.3) is 0 Å². The lowest BCUT2D eigenvalue weighted by atomic mass is 9.59. The van der Waals surface area contributed by atoms with Gasteiger partial charge in [-0.3, -0.25) is 4.57 Å². The lowest BCUT2D eigenvalue weighted by molar-refractivity contribution is 0.908. The number of hydrogen-bond donors (Lipinski definition) is 0. The molecule has 48 heavy (non-hydrogen) atoms. The number of fused-ring (bicyclic) bond motifs is 3. The molecular weight excluding hydrogens is 575 g/mol. The van der Waals surface area contributed by atoms with Crippen LogP contribution in [0.4, 0.5) is 0 Å². The third-order valence-corrected chi connectivity index (χ3v) is 10.7. The van der Waals surface area contributed by atoms with Crippen molar-refractivity contribution in [2.45, 2.75) is 13.3 Å². The maximum atomic E-state index is 4.99. The van der Waals surface area contributed by atoms with Crippen molar-refractivity contribution in [1.82, 2.24) is 9.55 Å². The Morgan fingerprint density at radius 2 is 1.04 bits per heavy atom. The molecule has 0 spiro atoms. The minimum absolute atomic E-state index is 0.857. The average molecular weight is 610 g/mol. The third kappa shape index (κ3) is 4.67. The summed E-state index contributed by atoms with van der Waals surface area (Å²) in [5.41, 5.74) is 17.8. The molecule has 0 unspecified atom stereocenters. The van der Waals surface area contributed by atoms with E-state index in [4.69, 9.17) is 4.98 Å². The van der Waals surface area contributed by atoms with Crippen LogP contribution in [0.2, 0.25) is 0 Å². The Morgan fingerprint density at radius 1 is 0.479 bits per heavy atom. The molecule has 0 fully saturated rings. The highest BCUT2D eigenvalue weighted by Crippen LogP contribution is 2.45. The molecule has 0 saturated carbocycles. The number of imidazole rings is 1. The first-order valence-corrected chi connectivity index (χ1v) is 17.1. The first-order chi connectivity index (χ1) is 23.4. The topological polar surface area (TPSA) is 17.8 Å². The second-order valence-electron chi connectivity index (χ2n) is 13.2. The van der Waals surface area contributed by atoms with Gasteiger partial charge < -0.3 is 0 Å². The van der Waals surface area contributed by atoms with Gasteiger partial charge in [0.15, 0.2) is 0 Å². The summed E-state index contributed by atoms with van der Waals surface area (Å²) < 4.78 is 2.33. The van der Waals surface area contributed by atoms with Gasteiger partial charge in [0, 0.05) is 12.1 Å². The van der Waals surface area contributed by atoms with E-state index in [9.17, 15) is 0 Å². The Balaban J connectivity index is 1.47. The highest BCUT2D eigenvalue weighted by Gasteiger charge is 2.20. The summed E-state index contributed by atoms with van der Waals surface area (Å²) in [6.07, 6.45) is 0.857. The van der Waals surface area contributed by atoms with E-state index in [2.05, 4.69) is 172 Å². The monoisotopic (exact) mass is 610 g/mol. The molecule has 1 aromatic heterocycles. The van der Waals surface area contributed by atoms with E-state index >= 15 is 0 Å². The summed E-state index contributed by atoms with van der Waals surface area (Å²) in [4.78, 5) is 4.99. The molecule has 1 heterocycles. The Morgan fingerprint density at radius 3 is 1.75 bits per heavy atom. The zero-order valence-electron chi connectivity index (χ0n) is 28.6. The zero-order valence-corrected chi connectivity index (χ0v) is 28.6. The maximum absolute atomic E-state index is 4.99. The van der Waals surface area contributed by atoms with Crippen LogP contribution in [-0.4, -0.2) is 48.8 Å². The standard InChI is InChI=1S/C41H35B5N2/c1-2-33-47-31-17-8-9-18-32(31)48(33)26-14-10-13-24(21-26)35-28-16-7-6-15-27(28)34(23-11-4-3-5-12-23)30-22-25(19-20-29(30)35)36-37(42)39(44)41(46)40(45)38(36)43/h3-22H,2,42-46H2,1H3. The number of rotatable bonds is 5. The predicted molar refractivity (Wildman–Crippen MR) is 223 cm³/mol. The van der Waals surface area contributed by atoms with Crippen molar-refractivity contribution in [3.05, 3.63) is 127 Å². The fourth-order valence-electron chi connectivity index (χ4n) is 7.90. The number of benzene rings is 7. The molecule has 0 aliphatic rings. The molecule has 0 bridgehead atoms. The van der Waals surface area contributed by atoms with E-state index in [0.29, 0.717) is 0 Å². The van der Waals surface area contributed by atoms with Gasteiger partial charge in [-0.15, -0.1) is 16.4 Å². The van der Waals surface area contributed by atoms with Gasteiger partial charge in [0.05, 0.1) is 11.0 Å². The minimum atomic E-state index is 0.857. The molecule has 7 aromatic carbocycles. The van der Waals surface area contributed by atoms with Crippen molar-refractivity contribution in [3.8, 4) is 39.1 Å². The SMILES string of the molecule is Bc1c(B)c(B)c(-c2ccc3c(-c4cccc(-n5c(CC)nc6ccccc65)c4)c4ccccc4c(-c4ccccc4)c3c2)c(B)c1B. The summed E-state index contributed by atoms with van der Waals surface area (Å²) in [5.74, 6) is 1.07. The maximum Gasteiger partial charge on any atom is 0.139 e. The van der Waals surface area contributed by atoms with Gasteiger partial charge in [0.1, 0.15) is 45.1 Å². The number of aromatic nitrogens is 2. The summed E-state index contributed by atoms with van der Waals surface area (Å²) in [7, 11) is 11.4. The van der Waals surface area contributed by atoms with E-state index in [-0.39, 0.29) is 0 Å². The van der Waals surface area contributed by atoms with Crippen molar-refractivity contribution in [1.29, 1.82) is 0 Å². The molecule has 0 amide bonds. The Hall–Kier alpha value is -5.15. The second kappa shape index (κ2) is 11.8. The summed E-state index contributed by atoms with van der Waals surface area (Å²) in [5, 5.41) is 5.06. The van der Waals surface area contributed by atoms with Gasteiger partial charge in [-0.2, -0.15) is 0 Å². The average Bonchev–Trinajstić information content (AvgIpc) is 3.51. The molecule has 0 atom stereocenters. The lowest BCUT2D eigenvalue weighted by Crippen LogP contribution is -2.55. The molecular formula is C41H35B5N2. The van der Waals surface area contributed by atoms with E-state index in [1.54, 1.807) is 0 Å². The van der Waals surface area contributed by atoms with Gasteiger partial charge in [-0.05, 0) is 85.3 Å². The van der Waals surface area contributed by atoms with E-state index < -0.39 is 0 Å². The molecule has 0 saturated heterocycles. The fourth-order valence-corrected chi connectivity index (χ4v) is 7.90. The minimum Gasteiger partial charge on any atom is -0.296 e. The Kier molecular flexibility index (Phi) is 7.44. The van der Waals surface area contributed by atoms with E-state index in [1.807, 2.05) is 0 Å². The highest BCUT2D eigenvalue weighted by molar-refractivity contribution is 6.68. The van der Waals surface area contributed by atoms with Gasteiger partial charge in [0.2, 0.25) is 0 Å². The van der Waals surface area contributed by atoms with Crippen molar-refractivity contribution in [2.24, 2.45) is 0 Å². The Labute approximate surface area is 287 Å². The normalized spacial score (nSPS) is 11.5. The Bertz CT molecular complexity index is 2530. The zero-order chi connectivity index (χ0) is 33.1. The van der Waals surface area contributed by atoms with E-state index in [1.165, 1.54) is 82.2 Å². The van der Waals surface area contributed by atoms with E-state index in [0.717, 1.165) is 29.0 Å². The molecule has 0 radical (unpaired) electrons. The molecule has 2 nitrogen and oxygen atoms in total. The van der Waals surface area contributed by atoms with Crippen LogP contribution in [-0.2, 0) is 6.42 Å². The van der Waals surface area contributed by atoms with Gasteiger partial charge >= 0.3 is 0 Å². The van der Waals surface area contributed by atoms with Crippen LogP contribution in [0, 0.1) is 0 Å². The smallest absolute Gasteiger partial charge is 0.139 e. The van der Waals surface area contributed by atoms with Gasteiger partial charge in [-0.1, -0.05) is 109 Å². The molecule has 0 aliphatic heterocycles. The van der Waals surface area contributed by atoms with Gasteiger partial charge in [-0.25, -0.2) is 4.98 Å². The van der Waals surface area contributed by atoms with Crippen LogP contribution in [0.3, 0.4) is 0 Å². The molecule has 224 valence electrons. The predicted octanol–water partition coefficient (Wildman–Crippen LogP) is 2.19. The first kappa shape index (κ1) is 30.2. The van der Waals surface area contributed by atoms with Crippen LogP contribution < -0.4 is 27.3 Å². The molecule has 0 N–H and O–H groups in total. The third-order valence-electron chi connectivity index (χ3n) is 10.7. The number of nitrogens with zero attached hydrogens (tertiary/aromatic N) is 2. The molecule has 7 heteroatoms. The number of para-hydroxylation sites is 2. The molecule has 8 rings (SSSR count). The summed E-state index contributed by atoms with van der Waals surface area (Å²) in [6, 6.07) is 44.5. The molecule has 0 aliphatic carbocycles.